The van der Waals surface area contributed by atoms with E-state index in [1.54, 1.807) is 0 Å². The fourth-order valence-electron chi connectivity index (χ4n) is 2.95. The summed E-state index contributed by atoms with van der Waals surface area (Å²) in [6, 6.07) is 13.4. The number of fused-ring (bicyclic) bond motifs is 1. The van der Waals surface area contributed by atoms with Gasteiger partial charge in [-0.05, 0) is 55.0 Å². The summed E-state index contributed by atoms with van der Waals surface area (Å²) < 4.78 is 7.60. The van der Waals surface area contributed by atoms with E-state index in [0.717, 1.165) is 38.5 Å². The number of para-hydroxylation sites is 1. The highest BCUT2D eigenvalue weighted by molar-refractivity contribution is 9.10. The average molecular weight is 444 g/mol. The van der Waals surface area contributed by atoms with Crippen LogP contribution in [-0.2, 0) is 16.1 Å². The molecule has 1 amide bonds. The lowest BCUT2D eigenvalue weighted by atomic mass is 10.1. The minimum absolute atomic E-state index is 0.0414. The molecular formula is C21H18BrNO3S. The molecule has 6 heteroatoms. The summed E-state index contributed by atoms with van der Waals surface area (Å²) in [6.07, 6.45) is 1.90. The Morgan fingerprint density at radius 3 is 2.78 bits per heavy atom. The molecule has 1 heterocycles. The topological polar surface area (TPSA) is 55.4 Å². The van der Waals surface area contributed by atoms with Gasteiger partial charge in [0.05, 0.1) is 0 Å². The van der Waals surface area contributed by atoms with Gasteiger partial charge < -0.3 is 10.1 Å². The number of hydrogen-bond donors (Lipinski definition) is 1. The number of nitrogens with one attached hydrogen (secondary N) is 1. The Morgan fingerprint density at radius 1 is 1.22 bits per heavy atom. The molecule has 27 heavy (non-hydrogen) atoms. The summed E-state index contributed by atoms with van der Waals surface area (Å²) in [5, 5.41) is 4.00. The Balaban J connectivity index is 1.50. The van der Waals surface area contributed by atoms with Crippen molar-refractivity contribution in [2.24, 2.45) is 5.92 Å². The van der Waals surface area contributed by atoms with Crippen LogP contribution in [0.15, 0.2) is 46.9 Å². The number of amides is 1. The van der Waals surface area contributed by atoms with Crippen LogP contribution in [0.1, 0.15) is 33.6 Å². The van der Waals surface area contributed by atoms with Gasteiger partial charge in [0.2, 0.25) is 5.91 Å². The van der Waals surface area contributed by atoms with Gasteiger partial charge in [0.15, 0.2) is 0 Å². The highest BCUT2D eigenvalue weighted by Gasteiger charge is 2.30. The van der Waals surface area contributed by atoms with Crippen LogP contribution in [0.3, 0.4) is 0 Å². The van der Waals surface area contributed by atoms with E-state index in [-0.39, 0.29) is 24.4 Å². The number of halogens is 1. The third-order valence-corrected chi connectivity index (χ3v) is 6.41. The number of carbonyl (C=O) groups is 2. The number of rotatable bonds is 5. The van der Waals surface area contributed by atoms with E-state index >= 15 is 0 Å². The second-order valence-corrected chi connectivity index (χ2v) is 8.66. The minimum atomic E-state index is -0.340. The third kappa shape index (κ3) is 3.92. The SMILES string of the molecule is Cc1c(C(=O)OCc2ccccc2NC(=O)C2CC2)sc2ccc(Br)cc12. The number of aryl methyl sites for hydroxylation is 1. The van der Waals surface area contributed by atoms with Crippen LogP contribution in [0.4, 0.5) is 5.69 Å². The largest absolute Gasteiger partial charge is 0.457 e. The zero-order chi connectivity index (χ0) is 19.0. The Morgan fingerprint density at radius 2 is 2.00 bits per heavy atom. The summed E-state index contributed by atoms with van der Waals surface area (Å²) >= 11 is 4.91. The van der Waals surface area contributed by atoms with E-state index in [2.05, 4.69) is 21.2 Å². The fourth-order valence-corrected chi connectivity index (χ4v) is 4.39. The van der Waals surface area contributed by atoms with Crippen molar-refractivity contribution in [1.29, 1.82) is 0 Å². The lowest BCUT2D eigenvalue weighted by Crippen LogP contribution is -2.15. The van der Waals surface area contributed by atoms with E-state index in [0.29, 0.717) is 10.6 Å². The van der Waals surface area contributed by atoms with Crippen LogP contribution in [0.5, 0.6) is 0 Å². The molecule has 1 aliphatic carbocycles. The van der Waals surface area contributed by atoms with Gasteiger partial charge in [-0.25, -0.2) is 4.79 Å². The maximum atomic E-state index is 12.6. The maximum absolute atomic E-state index is 12.6. The van der Waals surface area contributed by atoms with Gasteiger partial charge in [0.1, 0.15) is 11.5 Å². The van der Waals surface area contributed by atoms with Crippen LogP contribution in [-0.4, -0.2) is 11.9 Å². The first-order chi connectivity index (χ1) is 13.0. The van der Waals surface area contributed by atoms with Crippen LogP contribution in [0.25, 0.3) is 10.1 Å². The lowest BCUT2D eigenvalue weighted by molar-refractivity contribution is -0.117. The van der Waals surface area contributed by atoms with Crippen LogP contribution < -0.4 is 5.32 Å². The zero-order valence-electron chi connectivity index (χ0n) is 14.8. The molecule has 138 valence electrons. The number of benzene rings is 2. The van der Waals surface area contributed by atoms with E-state index in [1.807, 2.05) is 49.4 Å². The van der Waals surface area contributed by atoms with Gasteiger partial charge in [-0.15, -0.1) is 11.3 Å². The first-order valence-corrected chi connectivity index (χ1v) is 10.4. The molecule has 1 fully saturated rings. The molecule has 4 rings (SSSR count). The van der Waals surface area contributed by atoms with E-state index in [4.69, 9.17) is 4.74 Å². The zero-order valence-corrected chi connectivity index (χ0v) is 17.2. The number of anilines is 1. The van der Waals surface area contributed by atoms with Crippen molar-refractivity contribution in [2.75, 3.05) is 5.32 Å². The molecule has 2 aromatic carbocycles. The first kappa shape index (κ1) is 18.2. The summed E-state index contributed by atoms with van der Waals surface area (Å²) in [6.45, 7) is 2.06. The maximum Gasteiger partial charge on any atom is 0.348 e. The Bertz CT molecular complexity index is 1040. The first-order valence-electron chi connectivity index (χ1n) is 8.77. The normalized spacial score (nSPS) is 13.6. The molecular weight excluding hydrogens is 426 g/mol. The third-order valence-electron chi connectivity index (χ3n) is 4.67. The Labute approximate surface area is 169 Å². The predicted molar refractivity (Wildman–Crippen MR) is 111 cm³/mol. The van der Waals surface area contributed by atoms with Gasteiger partial charge in [-0.2, -0.15) is 0 Å². The van der Waals surface area contributed by atoms with Crippen molar-refractivity contribution in [1.82, 2.24) is 0 Å². The molecule has 1 aliphatic rings. The van der Waals surface area contributed by atoms with Crippen LogP contribution in [0.2, 0.25) is 0 Å². The summed E-state index contributed by atoms with van der Waals surface area (Å²) in [5.74, 6) is -0.172. The number of thiophene rings is 1. The molecule has 0 radical (unpaired) electrons. The van der Waals surface area contributed by atoms with Crippen molar-refractivity contribution in [3.8, 4) is 0 Å². The minimum Gasteiger partial charge on any atom is -0.457 e. The van der Waals surface area contributed by atoms with Crippen molar-refractivity contribution >= 4 is 54.9 Å². The van der Waals surface area contributed by atoms with Crippen molar-refractivity contribution in [3.05, 3.63) is 62.9 Å². The van der Waals surface area contributed by atoms with E-state index < -0.39 is 0 Å². The molecule has 1 N–H and O–H groups in total. The standard InChI is InChI=1S/C21H18BrNO3S/c1-12-16-10-15(22)8-9-18(16)27-19(12)21(25)26-11-14-4-2-3-5-17(14)23-20(24)13-6-7-13/h2-5,8-10,13H,6-7,11H2,1H3,(H,23,24). The molecule has 0 atom stereocenters. The molecule has 3 aromatic rings. The van der Waals surface area contributed by atoms with Crippen molar-refractivity contribution in [3.63, 3.8) is 0 Å². The molecule has 0 unspecified atom stereocenters. The highest BCUT2D eigenvalue weighted by atomic mass is 79.9. The van der Waals surface area contributed by atoms with E-state index in [9.17, 15) is 9.59 Å². The summed E-state index contributed by atoms with van der Waals surface area (Å²) in [7, 11) is 0. The van der Waals surface area contributed by atoms with Crippen LogP contribution in [0, 0.1) is 12.8 Å². The second kappa shape index (κ2) is 7.44. The summed E-state index contributed by atoms with van der Waals surface area (Å²) in [5.41, 5.74) is 2.43. The monoisotopic (exact) mass is 443 g/mol. The molecule has 0 aliphatic heterocycles. The molecule has 0 bridgehead atoms. The van der Waals surface area contributed by atoms with Crippen molar-refractivity contribution < 1.29 is 14.3 Å². The van der Waals surface area contributed by atoms with Gasteiger partial charge in [-0.3, -0.25) is 4.79 Å². The number of carbonyl (C=O) groups excluding carboxylic acids is 2. The quantitative estimate of drug-likeness (QED) is 0.516. The molecule has 1 saturated carbocycles. The molecule has 4 nitrogen and oxygen atoms in total. The molecule has 1 aromatic heterocycles. The van der Waals surface area contributed by atoms with Gasteiger partial charge >= 0.3 is 5.97 Å². The van der Waals surface area contributed by atoms with Gasteiger partial charge in [0, 0.05) is 26.3 Å². The fraction of sp³-hybridized carbons (Fsp3) is 0.238. The lowest BCUT2D eigenvalue weighted by Gasteiger charge is -2.11. The average Bonchev–Trinajstić information content (AvgIpc) is 3.46. The Kier molecular flexibility index (Phi) is 5.02. The number of ether oxygens (including phenoxy) is 1. The summed E-state index contributed by atoms with van der Waals surface area (Å²) in [4.78, 5) is 25.3. The molecule has 0 saturated heterocycles. The predicted octanol–water partition coefficient (Wildman–Crippen LogP) is 5.68. The number of hydrogen-bond acceptors (Lipinski definition) is 4. The smallest absolute Gasteiger partial charge is 0.348 e. The molecule has 0 spiro atoms. The van der Waals surface area contributed by atoms with Crippen molar-refractivity contribution in [2.45, 2.75) is 26.4 Å². The van der Waals surface area contributed by atoms with E-state index in [1.165, 1.54) is 11.3 Å². The van der Waals surface area contributed by atoms with Gasteiger partial charge in [-0.1, -0.05) is 34.1 Å². The second-order valence-electron chi connectivity index (χ2n) is 6.69. The van der Waals surface area contributed by atoms with Crippen LogP contribution >= 0.6 is 27.3 Å². The van der Waals surface area contributed by atoms with Gasteiger partial charge in [0.25, 0.3) is 0 Å². The Hall–Kier alpha value is -2.18. The highest BCUT2D eigenvalue weighted by Crippen LogP contribution is 2.34. The number of esters is 1.